The quantitative estimate of drug-likeness (QED) is 0.812. The average Bonchev–Trinajstić information content (AvgIpc) is 2.98. The summed E-state index contributed by atoms with van der Waals surface area (Å²) in [6.45, 7) is 0.532. The van der Waals surface area contributed by atoms with Gasteiger partial charge in [0.05, 0.1) is 5.69 Å². The molecule has 2 rings (SSSR count). The topological polar surface area (TPSA) is 84.7 Å². The molecule has 8 heteroatoms. The second-order valence-corrected chi connectivity index (χ2v) is 4.63. The summed E-state index contributed by atoms with van der Waals surface area (Å²) >= 11 is 1.23. The number of hydrogen-bond donors (Lipinski definition) is 2. The Balaban J connectivity index is 1.81. The summed E-state index contributed by atoms with van der Waals surface area (Å²) < 4.78 is 1.74. The monoisotopic (exact) mass is 266 g/mol. The molecule has 2 aromatic rings. The van der Waals surface area contributed by atoms with Crippen molar-refractivity contribution in [2.45, 2.75) is 6.42 Å². The largest absolute Gasteiger partial charge is 0.363 e. The van der Waals surface area contributed by atoms with Crippen LogP contribution in [0.3, 0.4) is 0 Å². The van der Waals surface area contributed by atoms with E-state index in [0.717, 1.165) is 5.69 Å². The Morgan fingerprint density at radius 1 is 1.50 bits per heavy atom. The van der Waals surface area contributed by atoms with Gasteiger partial charge < -0.3 is 10.6 Å². The molecule has 0 saturated heterocycles. The molecule has 18 heavy (non-hydrogen) atoms. The molecule has 0 atom stereocenters. The molecule has 0 unspecified atom stereocenters. The SMILES string of the molecule is CNc1nnc(C(=O)NCCc2ccn(C)n2)s1. The van der Waals surface area contributed by atoms with Crippen LogP contribution in [0.5, 0.6) is 0 Å². The number of nitrogens with one attached hydrogen (secondary N) is 2. The maximum Gasteiger partial charge on any atom is 0.282 e. The van der Waals surface area contributed by atoms with Gasteiger partial charge in [0, 0.05) is 33.3 Å². The van der Waals surface area contributed by atoms with Crippen LogP contribution in [0.1, 0.15) is 15.5 Å². The van der Waals surface area contributed by atoms with Crippen molar-refractivity contribution in [1.82, 2.24) is 25.3 Å². The molecule has 0 saturated carbocycles. The fourth-order valence-electron chi connectivity index (χ4n) is 1.39. The van der Waals surface area contributed by atoms with Crippen LogP contribution in [0.25, 0.3) is 0 Å². The zero-order chi connectivity index (χ0) is 13.0. The highest BCUT2D eigenvalue weighted by molar-refractivity contribution is 7.17. The van der Waals surface area contributed by atoms with Crippen LogP contribution >= 0.6 is 11.3 Å². The Morgan fingerprint density at radius 3 is 2.94 bits per heavy atom. The van der Waals surface area contributed by atoms with Crippen molar-refractivity contribution in [2.75, 3.05) is 18.9 Å². The number of hydrogen-bond acceptors (Lipinski definition) is 6. The first kappa shape index (κ1) is 12.5. The predicted molar refractivity (Wildman–Crippen MR) is 68.7 cm³/mol. The maximum atomic E-state index is 11.7. The van der Waals surface area contributed by atoms with E-state index in [-0.39, 0.29) is 5.91 Å². The average molecular weight is 266 g/mol. The summed E-state index contributed by atoms with van der Waals surface area (Å²) in [5.41, 5.74) is 0.950. The molecular formula is C10H14N6OS. The van der Waals surface area contributed by atoms with E-state index in [9.17, 15) is 4.79 Å². The number of aryl methyl sites for hydroxylation is 1. The number of rotatable bonds is 5. The number of anilines is 1. The summed E-state index contributed by atoms with van der Waals surface area (Å²) in [5, 5.41) is 18.4. The van der Waals surface area contributed by atoms with Gasteiger partial charge in [-0.15, -0.1) is 10.2 Å². The van der Waals surface area contributed by atoms with Gasteiger partial charge in [-0.2, -0.15) is 5.10 Å². The van der Waals surface area contributed by atoms with Crippen molar-refractivity contribution < 1.29 is 4.79 Å². The number of nitrogens with zero attached hydrogens (tertiary/aromatic N) is 4. The first-order valence-electron chi connectivity index (χ1n) is 5.47. The first-order valence-corrected chi connectivity index (χ1v) is 6.28. The Kier molecular flexibility index (Phi) is 3.88. The van der Waals surface area contributed by atoms with Gasteiger partial charge in [-0.3, -0.25) is 9.48 Å². The standard InChI is InChI=1S/C10H14N6OS/c1-11-10-14-13-9(18-10)8(17)12-5-3-7-4-6-16(2)15-7/h4,6H,3,5H2,1-2H3,(H,11,14)(H,12,17). The van der Waals surface area contributed by atoms with Crippen molar-refractivity contribution in [3.63, 3.8) is 0 Å². The lowest BCUT2D eigenvalue weighted by Gasteiger charge is -2.00. The molecule has 2 N–H and O–H groups in total. The fourth-order valence-corrected chi connectivity index (χ4v) is 2.01. The minimum Gasteiger partial charge on any atom is -0.363 e. The van der Waals surface area contributed by atoms with Crippen LogP contribution in [0.2, 0.25) is 0 Å². The van der Waals surface area contributed by atoms with E-state index in [1.54, 1.807) is 11.7 Å². The van der Waals surface area contributed by atoms with Gasteiger partial charge in [0.1, 0.15) is 0 Å². The lowest BCUT2D eigenvalue weighted by molar-refractivity contribution is 0.0953. The van der Waals surface area contributed by atoms with Gasteiger partial charge >= 0.3 is 0 Å². The third-order valence-corrected chi connectivity index (χ3v) is 3.21. The van der Waals surface area contributed by atoms with Crippen LogP contribution in [0.15, 0.2) is 12.3 Å². The van der Waals surface area contributed by atoms with Crippen molar-refractivity contribution in [1.29, 1.82) is 0 Å². The molecule has 0 spiro atoms. The highest BCUT2D eigenvalue weighted by Crippen LogP contribution is 2.13. The number of amides is 1. The molecule has 0 aromatic carbocycles. The van der Waals surface area contributed by atoms with E-state index in [1.165, 1.54) is 11.3 Å². The van der Waals surface area contributed by atoms with Gasteiger partial charge in [0.15, 0.2) is 0 Å². The van der Waals surface area contributed by atoms with Crippen LogP contribution in [-0.2, 0) is 13.5 Å². The molecule has 7 nitrogen and oxygen atoms in total. The van der Waals surface area contributed by atoms with E-state index in [1.807, 2.05) is 19.3 Å². The van der Waals surface area contributed by atoms with Crippen molar-refractivity contribution in [3.8, 4) is 0 Å². The number of carbonyl (C=O) groups is 1. The molecule has 2 aromatic heterocycles. The lowest BCUT2D eigenvalue weighted by atomic mass is 10.3. The Bertz CT molecular complexity index is 534. The summed E-state index contributed by atoms with van der Waals surface area (Å²) in [6.07, 6.45) is 2.57. The van der Waals surface area contributed by atoms with Gasteiger partial charge in [0.25, 0.3) is 5.91 Å². The van der Waals surface area contributed by atoms with Crippen molar-refractivity contribution in [3.05, 3.63) is 23.0 Å². The van der Waals surface area contributed by atoms with E-state index in [2.05, 4.69) is 25.9 Å². The second-order valence-electron chi connectivity index (χ2n) is 3.65. The highest BCUT2D eigenvalue weighted by Gasteiger charge is 2.11. The molecule has 0 bridgehead atoms. The smallest absolute Gasteiger partial charge is 0.282 e. The molecule has 1 amide bonds. The first-order chi connectivity index (χ1) is 8.69. The Hall–Kier alpha value is -1.96. The molecule has 96 valence electrons. The van der Waals surface area contributed by atoms with Crippen LogP contribution < -0.4 is 10.6 Å². The summed E-state index contributed by atoms with van der Waals surface area (Å²) in [5.74, 6) is -0.204. The van der Waals surface area contributed by atoms with Crippen LogP contribution in [0.4, 0.5) is 5.13 Å². The van der Waals surface area contributed by atoms with E-state index in [0.29, 0.717) is 23.1 Å². The maximum absolute atomic E-state index is 11.7. The normalized spacial score (nSPS) is 10.3. The third-order valence-electron chi connectivity index (χ3n) is 2.27. The molecule has 0 fully saturated rings. The number of aromatic nitrogens is 4. The van der Waals surface area contributed by atoms with Crippen LogP contribution in [0, 0.1) is 0 Å². The summed E-state index contributed by atoms with van der Waals surface area (Å²) in [7, 11) is 3.60. The van der Waals surface area contributed by atoms with Gasteiger partial charge in [-0.25, -0.2) is 0 Å². The molecule has 0 radical (unpaired) electrons. The molecular weight excluding hydrogens is 252 g/mol. The van der Waals surface area contributed by atoms with Crippen LogP contribution in [-0.4, -0.2) is 39.5 Å². The highest BCUT2D eigenvalue weighted by atomic mass is 32.1. The van der Waals surface area contributed by atoms with Gasteiger partial charge in [0.2, 0.25) is 10.1 Å². The van der Waals surface area contributed by atoms with Gasteiger partial charge in [-0.1, -0.05) is 11.3 Å². The minimum atomic E-state index is -0.204. The summed E-state index contributed by atoms with van der Waals surface area (Å²) in [6, 6.07) is 1.93. The minimum absolute atomic E-state index is 0.204. The molecule has 0 aliphatic rings. The lowest BCUT2D eigenvalue weighted by Crippen LogP contribution is -2.25. The number of carbonyl (C=O) groups excluding carboxylic acids is 1. The predicted octanol–water partition coefficient (Wildman–Crippen LogP) is 0.286. The van der Waals surface area contributed by atoms with E-state index >= 15 is 0 Å². The Labute approximate surface area is 108 Å². The zero-order valence-electron chi connectivity index (χ0n) is 10.2. The van der Waals surface area contributed by atoms with Crippen molar-refractivity contribution >= 4 is 22.4 Å². The molecule has 2 heterocycles. The summed E-state index contributed by atoms with van der Waals surface area (Å²) in [4.78, 5) is 11.7. The Morgan fingerprint density at radius 2 is 2.33 bits per heavy atom. The van der Waals surface area contributed by atoms with Gasteiger partial charge in [-0.05, 0) is 6.07 Å². The molecule has 0 aliphatic carbocycles. The second kappa shape index (κ2) is 5.58. The van der Waals surface area contributed by atoms with E-state index < -0.39 is 0 Å². The van der Waals surface area contributed by atoms with E-state index in [4.69, 9.17) is 0 Å². The zero-order valence-corrected chi connectivity index (χ0v) is 11.0. The van der Waals surface area contributed by atoms with Crippen molar-refractivity contribution in [2.24, 2.45) is 7.05 Å². The fraction of sp³-hybridized carbons (Fsp3) is 0.400. The third kappa shape index (κ3) is 3.04. The molecule has 0 aliphatic heterocycles.